The van der Waals surface area contributed by atoms with Crippen molar-refractivity contribution in [3.05, 3.63) is 82.3 Å². The third-order valence-corrected chi connectivity index (χ3v) is 4.71. The monoisotopic (exact) mass is 459 g/mol. The van der Waals surface area contributed by atoms with E-state index in [1.54, 1.807) is 36.4 Å². The van der Waals surface area contributed by atoms with Crippen LogP contribution in [0, 0.1) is 0 Å². The molecular weight excluding hydrogens is 441 g/mol. The van der Waals surface area contributed by atoms with Crippen LogP contribution in [0.4, 0.5) is 17.1 Å². The van der Waals surface area contributed by atoms with Crippen LogP contribution in [-0.4, -0.2) is 11.0 Å². The highest BCUT2D eigenvalue weighted by Crippen LogP contribution is 2.36. The van der Waals surface area contributed by atoms with E-state index in [1.807, 2.05) is 30.3 Å². The second-order valence-electron chi connectivity index (χ2n) is 6.38. The van der Waals surface area contributed by atoms with Crippen LogP contribution in [0.2, 0.25) is 10.0 Å². The molecule has 0 aliphatic carbocycles. The molecule has 8 heteroatoms. The molecule has 0 fully saturated rings. The number of benzene rings is 3. The van der Waals surface area contributed by atoms with Gasteiger partial charge in [-0.05, 0) is 54.2 Å². The smallest absolute Gasteiger partial charge is 0.221 e. The molecule has 3 N–H and O–H groups in total. The lowest BCUT2D eigenvalue weighted by Crippen LogP contribution is -2.19. The van der Waals surface area contributed by atoms with E-state index >= 15 is 0 Å². The number of halogens is 2. The predicted octanol–water partition coefficient (Wildman–Crippen LogP) is 6.34. The quantitative estimate of drug-likeness (QED) is 0.375. The van der Waals surface area contributed by atoms with Gasteiger partial charge in [-0.15, -0.1) is 0 Å². The zero-order valence-corrected chi connectivity index (χ0v) is 18.4. The van der Waals surface area contributed by atoms with Crippen molar-refractivity contribution in [1.29, 1.82) is 0 Å². The average Bonchev–Trinajstić information content (AvgIpc) is 2.69. The first-order valence-corrected chi connectivity index (χ1v) is 10.2. The van der Waals surface area contributed by atoms with E-state index in [-0.39, 0.29) is 5.91 Å². The van der Waals surface area contributed by atoms with Crippen LogP contribution in [0.1, 0.15) is 12.5 Å². The Morgan fingerprint density at radius 3 is 1.97 bits per heavy atom. The van der Waals surface area contributed by atoms with E-state index in [0.29, 0.717) is 38.9 Å². The van der Waals surface area contributed by atoms with Gasteiger partial charge in [0.1, 0.15) is 6.61 Å². The summed E-state index contributed by atoms with van der Waals surface area (Å²) < 4.78 is 5.78. The van der Waals surface area contributed by atoms with E-state index in [4.69, 9.17) is 40.2 Å². The standard InChI is InChI=1S/C22H19Cl2N3O2S/c1-14(28)25-16-7-9-17(10-8-16)26-22(30)27-18-11-19(23)21(20(24)12-18)29-13-15-5-3-2-4-6-15/h2-12H,13H2,1H3,(H,25,28)(H2,26,27,30). The topological polar surface area (TPSA) is 62.4 Å². The highest BCUT2D eigenvalue weighted by Gasteiger charge is 2.11. The van der Waals surface area contributed by atoms with Gasteiger partial charge in [-0.3, -0.25) is 4.79 Å². The number of carbonyl (C=O) groups excluding carboxylic acids is 1. The summed E-state index contributed by atoms with van der Waals surface area (Å²) in [6.07, 6.45) is 0. The third-order valence-electron chi connectivity index (χ3n) is 3.95. The Balaban J connectivity index is 1.60. The Kier molecular flexibility index (Phi) is 7.52. The fourth-order valence-corrected chi connectivity index (χ4v) is 3.47. The van der Waals surface area contributed by atoms with Crippen LogP contribution < -0.4 is 20.7 Å². The number of rotatable bonds is 6. The Morgan fingerprint density at radius 2 is 1.40 bits per heavy atom. The molecule has 3 aromatic rings. The molecule has 154 valence electrons. The molecule has 0 aliphatic rings. The normalized spacial score (nSPS) is 10.2. The molecule has 0 radical (unpaired) electrons. The lowest BCUT2D eigenvalue weighted by atomic mass is 10.2. The maximum Gasteiger partial charge on any atom is 0.221 e. The van der Waals surface area contributed by atoms with Gasteiger partial charge >= 0.3 is 0 Å². The molecule has 0 saturated heterocycles. The van der Waals surface area contributed by atoms with Crippen LogP contribution in [0.5, 0.6) is 5.75 Å². The highest BCUT2D eigenvalue weighted by molar-refractivity contribution is 7.80. The van der Waals surface area contributed by atoms with Crippen molar-refractivity contribution in [2.24, 2.45) is 0 Å². The number of anilines is 3. The number of thiocarbonyl (C=S) groups is 1. The van der Waals surface area contributed by atoms with E-state index in [9.17, 15) is 4.79 Å². The van der Waals surface area contributed by atoms with Gasteiger partial charge in [0, 0.05) is 24.0 Å². The SMILES string of the molecule is CC(=O)Nc1ccc(NC(=S)Nc2cc(Cl)c(OCc3ccccc3)c(Cl)c2)cc1. The summed E-state index contributed by atoms with van der Waals surface area (Å²) in [5.74, 6) is 0.290. The molecule has 3 aromatic carbocycles. The molecule has 0 atom stereocenters. The second kappa shape index (κ2) is 10.3. The van der Waals surface area contributed by atoms with Crippen LogP contribution in [-0.2, 0) is 11.4 Å². The number of amides is 1. The van der Waals surface area contributed by atoms with E-state index in [1.165, 1.54) is 6.92 Å². The molecule has 3 rings (SSSR count). The highest BCUT2D eigenvalue weighted by atomic mass is 35.5. The van der Waals surface area contributed by atoms with Crippen molar-refractivity contribution in [2.45, 2.75) is 13.5 Å². The zero-order valence-electron chi connectivity index (χ0n) is 16.0. The summed E-state index contributed by atoms with van der Waals surface area (Å²) in [5.41, 5.74) is 3.12. The molecule has 0 heterocycles. The average molecular weight is 460 g/mol. The summed E-state index contributed by atoms with van der Waals surface area (Å²) in [6.45, 7) is 1.82. The summed E-state index contributed by atoms with van der Waals surface area (Å²) in [6, 6.07) is 20.3. The van der Waals surface area contributed by atoms with Crippen molar-refractivity contribution < 1.29 is 9.53 Å². The van der Waals surface area contributed by atoms with Crippen molar-refractivity contribution in [3.63, 3.8) is 0 Å². The van der Waals surface area contributed by atoms with E-state index in [2.05, 4.69) is 16.0 Å². The van der Waals surface area contributed by atoms with Crippen molar-refractivity contribution in [1.82, 2.24) is 0 Å². The van der Waals surface area contributed by atoms with Crippen LogP contribution in [0.3, 0.4) is 0 Å². The lowest BCUT2D eigenvalue weighted by molar-refractivity contribution is -0.114. The van der Waals surface area contributed by atoms with Gasteiger partial charge in [-0.1, -0.05) is 53.5 Å². The van der Waals surface area contributed by atoms with Gasteiger partial charge in [0.05, 0.1) is 10.0 Å². The Hall–Kier alpha value is -2.80. The van der Waals surface area contributed by atoms with Gasteiger partial charge in [-0.25, -0.2) is 0 Å². The number of nitrogens with one attached hydrogen (secondary N) is 3. The van der Waals surface area contributed by atoms with Crippen LogP contribution in [0.25, 0.3) is 0 Å². The van der Waals surface area contributed by atoms with Crippen molar-refractivity contribution in [3.8, 4) is 5.75 Å². The molecule has 0 spiro atoms. The molecule has 0 saturated carbocycles. The summed E-state index contributed by atoms with van der Waals surface area (Å²) in [7, 11) is 0. The van der Waals surface area contributed by atoms with E-state index < -0.39 is 0 Å². The predicted molar refractivity (Wildman–Crippen MR) is 128 cm³/mol. The molecule has 0 bridgehead atoms. The summed E-state index contributed by atoms with van der Waals surface area (Å²) in [4.78, 5) is 11.1. The molecular formula is C22H19Cl2N3O2S. The minimum absolute atomic E-state index is 0.127. The maximum absolute atomic E-state index is 11.1. The van der Waals surface area contributed by atoms with Gasteiger partial charge in [0.15, 0.2) is 10.9 Å². The van der Waals surface area contributed by atoms with E-state index in [0.717, 1.165) is 11.3 Å². The summed E-state index contributed by atoms with van der Waals surface area (Å²) in [5, 5.41) is 9.94. The number of hydrogen-bond donors (Lipinski definition) is 3. The van der Waals surface area contributed by atoms with Crippen molar-refractivity contribution >= 4 is 63.5 Å². The third kappa shape index (κ3) is 6.35. The maximum atomic E-state index is 11.1. The Morgan fingerprint density at radius 1 is 0.867 bits per heavy atom. The molecule has 0 aromatic heterocycles. The minimum atomic E-state index is -0.127. The number of carbonyl (C=O) groups is 1. The number of ether oxygens (including phenoxy) is 1. The first kappa shape index (κ1) is 21.9. The largest absolute Gasteiger partial charge is 0.486 e. The first-order valence-electron chi connectivity index (χ1n) is 9.02. The minimum Gasteiger partial charge on any atom is -0.486 e. The van der Waals surface area contributed by atoms with Crippen LogP contribution in [0.15, 0.2) is 66.7 Å². The molecule has 1 amide bonds. The van der Waals surface area contributed by atoms with Gasteiger partial charge in [0.25, 0.3) is 0 Å². The Bertz CT molecular complexity index is 1020. The molecule has 0 aliphatic heterocycles. The summed E-state index contributed by atoms with van der Waals surface area (Å²) >= 11 is 18.1. The molecule has 30 heavy (non-hydrogen) atoms. The first-order chi connectivity index (χ1) is 14.4. The zero-order chi connectivity index (χ0) is 21.5. The van der Waals surface area contributed by atoms with Crippen LogP contribution >= 0.6 is 35.4 Å². The Labute approximate surface area is 190 Å². The fraction of sp³-hybridized carbons (Fsp3) is 0.0909. The van der Waals surface area contributed by atoms with Gasteiger partial charge in [-0.2, -0.15) is 0 Å². The second-order valence-corrected chi connectivity index (χ2v) is 7.60. The molecule has 5 nitrogen and oxygen atoms in total. The lowest BCUT2D eigenvalue weighted by Gasteiger charge is -2.14. The fourth-order valence-electron chi connectivity index (χ4n) is 2.63. The van der Waals surface area contributed by atoms with Crippen molar-refractivity contribution in [2.75, 3.05) is 16.0 Å². The number of hydrogen-bond acceptors (Lipinski definition) is 3. The molecule has 0 unspecified atom stereocenters. The van der Waals surface area contributed by atoms with Gasteiger partial charge < -0.3 is 20.7 Å². The van der Waals surface area contributed by atoms with Gasteiger partial charge in [0.2, 0.25) is 5.91 Å².